The third kappa shape index (κ3) is 3.64. The standard InChI is InChI=1S/C12H14N4O3S3/c1-16(2)22(18,19)9-6-4-5-8(7-9)10(17)13-11-14-15-12(20-3)21-11/h4-7H,1-3H3,(H,13,14,17). The van der Waals surface area contributed by atoms with Gasteiger partial charge in [-0.2, -0.15) is 0 Å². The van der Waals surface area contributed by atoms with Crippen LogP contribution in [0.4, 0.5) is 5.13 Å². The van der Waals surface area contributed by atoms with E-state index in [-0.39, 0.29) is 10.5 Å². The highest BCUT2D eigenvalue weighted by molar-refractivity contribution is 8.00. The van der Waals surface area contributed by atoms with Crippen molar-refractivity contribution in [3.8, 4) is 0 Å². The molecule has 0 aliphatic rings. The predicted octanol–water partition coefficient (Wildman–Crippen LogP) is 1.76. The van der Waals surface area contributed by atoms with Crippen LogP contribution in [0, 0.1) is 0 Å². The van der Waals surface area contributed by atoms with Crippen molar-refractivity contribution in [2.45, 2.75) is 9.24 Å². The minimum absolute atomic E-state index is 0.0622. The van der Waals surface area contributed by atoms with E-state index in [9.17, 15) is 13.2 Å². The Hall–Kier alpha value is -1.49. The van der Waals surface area contributed by atoms with Gasteiger partial charge in [-0.3, -0.25) is 10.1 Å². The van der Waals surface area contributed by atoms with E-state index >= 15 is 0 Å². The molecule has 2 rings (SSSR count). The molecular formula is C12H14N4O3S3. The summed E-state index contributed by atoms with van der Waals surface area (Å²) in [4.78, 5) is 12.2. The number of hydrogen-bond acceptors (Lipinski definition) is 7. The number of sulfonamides is 1. The van der Waals surface area contributed by atoms with Crippen molar-refractivity contribution >= 4 is 44.2 Å². The van der Waals surface area contributed by atoms with E-state index in [2.05, 4.69) is 15.5 Å². The van der Waals surface area contributed by atoms with Gasteiger partial charge in [0.2, 0.25) is 15.2 Å². The fraction of sp³-hybridized carbons (Fsp3) is 0.250. The molecule has 10 heteroatoms. The molecule has 0 spiro atoms. The molecule has 0 aliphatic carbocycles. The van der Waals surface area contributed by atoms with Gasteiger partial charge in [0.25, 0.3) is 5.91 Å². The fourth-order valence-electron chi connectivity index (χ4n) is 1.52. The SMILES string of the molecule is CSc1nnc(NC(=O)c2cccc(S(=O)(=O)N(C)C)c2)s1. The molecule has 0 saturated carbocycles. The Morgan fingerprint density at radius 2 is 2.05 bits per heavy atom. The summed E-state index contributed by atoms with van der Waals surface area (Å²) in [6.45, 7) is 0. The first-order valence-corrected chi connectivity index (χ1v) is 9.54. The van der Waals surface area contributed by atoms with E-state index in [0.717, 1.165) is 8.64 Å². The maximum absolute atomic E-state index is 12.2. The smallest absolute Gasteiger partial charge is 0.257 e. The highest BCUT2D eigenvalue weighted by Crippen LogP contribution is 2.23. The van der Waals surface area contributed by atoms with Gasteiger partial charge in [0, 0.05) is 19.7 Å². The molecule has 0 bridgehead atoms. The van der Waals surface area contributed by atoms with E-state index in [4.69, 9.17) is 0 Å². The van der Waals surface area contributed by atoms with Gasteiger partial charge >= 0.3 is 0 Å². The van der Waals surface area contributed by atoms with Crippen LogP contribution in [0.3, 0.4) is 0 Å². The van der Waals surface area contributed by atoms with Crippen molar-refractivity contribution in [2.24, 2.45) is 0 Å². The van der Waals surface area contributed by atoms with Crippen LogP contribution in [-0.4, -0.2) is 49.2 Å². The first kappa shape index (κ1) is 16.9. The lowest BCUT2D eigenvalue weighted by molar-refractivity contribution is 0.102. The molecule has 0 unspecified atom stereocenters. The van der Waals surface area contributed by atoms with Crippen molar-refractivity contribution in [1.82, 2.24) is 14.5 Å². The van der Waals surface area contributed by atoms with E-state index in [1.165, 1.54) is 55.4 Å². The zero-order valence-corrected chi connectivity index (χ0v) is 14.6. The van der Waals surface area contributed by atoms with Crippen LogP contribution in [0.15, 0.2) is 33.5 Å². The van der Waals surface area contributed by atoms with Crippen LogP contribution in [0.1, 0.15) is 10.4 Å². The third-order valence-corrected chi connectivity index (χ3v) is 6.30. The second-order valence-corrected chi connectivity index (χ2v) is 8.53. The van der Waals surface area contributed by atoms with Gasteiger partial charge in [-0.1, -0.05) is 29.2 Å². The lowest BCUT2D eigenvalue weighted by Gasteiger charge is -2.12. The second kappa shape index (κ2) is 6.73. The zero-order chi connectivity index (χ0) is 16.3. The number of carbonyl (C=O) groups excluding carboxylic acids is 1. The lowest BCUT2D eigenvalue weighted by atomic mass is 10.2. The molecular weight excluding hydrogens is 344 g/mol. The Labute approximate surface area is 136 Å². The average molecular weight is 358 g/mol. The molecule has 0 radical (unpaired) electrons. The number of nitrogens with zero attached hydrogens (tertiary/aromatic N) is 3. The van der Waals surface area contributed by atoms with Crippen molar-refractivity contribution in [1.29, 1.82) is 0 Å². The number of anilines is 1. The van der Waals surface area contributed by atoms with Gasteiger partial charge in [0.15, 0.2) is 4.34 Å². The topological polar surface area (TPSA) is 92.3 Å². The van der Waals surface area contributed by atoms with Gasteiger partial charge in [-0.25, -0.2) is 12.7 Å². The van der Waals surface area contributed by atoms with Gasteiger partial charge in [-0.05, 0) is 24.5 Å². The highest BCUT2D eigenvalue weighted by atomic mass is 32.2. The van der Waals surface area contributed by atoms with Crippen LogP contribution >= 0.6 is 23.1 Å². The number of carbonyl (C=O) groups is 1. The normalized spacial score (nSPS) is 11.6. The molecule has 1 amide bonds. The fourth-order valence-corrected chi connectivity index (χ4v) is 3.63. The van der Waals surface area contributed by atoms with Crippen LogP contribution in [0.2, 0.25) is 0 Å². The number of aromatic nitrogens is 2. The summed E-state index contributed by atoms with van der Waals surface area (Å²) in [7, 11) is -0.705. The number of amides is 1. The van der Waals surface area contributed by atoms with Gasteiger partial charge in [0.1, 0.15) is 0 Å². The summed E-state index contributed by atoms with van der Waals surface area (Å²) in [5, 5.41) is 10.7. The lowest BCUT2D eigenvalue weighted by Crippen LogP contribution is -2.22. The van der Waals surface area contributed by atoms with Gasteiger partial charge in [-0.15, -0.1) is 10.2 Å². The molecule has 7 nitrogen and oxygen atoms in total. The monoisotopic (exact) mass is 358 g/mol. The minimum atomic E-state index is -3.58. The number of nitrogens with one attached hydrogen (secondary N) is 1. The molecule has 1 heterocycles. The number of rotatable bonds is 5. The Morgan fingerprint density at radius 1 is 1.32 bits per heavy atom. The van der Waals surface area contributed by atoms with Crippen LogP contribution in [0.25, 0.3) is 0 Å². The van der Waals surface area contributed by atoms with Crippen LogP contribution < -0.4 is 5.32 Å². The third-order valence-electron chi connectivity index (χ3n) is 2.68. The number of hydrogen-bond donors (Lipinski definition) is 1. The highest BCUT2D eigenvalue weighted by Gasteiger charge is 2.19. The molecule has 22 heavy (non-hydrogen) atoms. The molecule has 0 saturated heterocycles. The summed E-state index contributed by atoms with van der Waals surface area (Å²) in [6, 6.07) is 5.85. The van der Waals surface area contributed by atoms with Crippen LogP contribution in [0.5, 0.6) is 0 Å². The molecule has 0 aliphatic heterocycles. The largest absolute Gasteiger partial charge is 0.296 e. The molecule has 1 N–H and O–H groups in total. The summed E-state index contributed by atoms with van der Waals surface area (Å²) < 4.78 is 26.0. The quantitative estimate of drug-likeness (QED) is 0.647. The number of benzene rings is 1. The van der Waals surface area contributed by atoms with Crippen molar-refractivity contribution in [3.05, 3.63) is 29.8 Å². The van der Waals surface area contributed by atoms with Gasteiger partial charge < -0.3 is 0 Å². The minimum Gasteiger partial charge on any atom is -0.296 e. The molecule has 118 valence electrons. The van der Waals surface area contributed by atoms with Crippen molar-refractivity contribution < 1.29 is 13.2 Å². The van der Waals surface area contributed by atoms with Crippen molar-refractivity contribution in [2.75, 3.05) is 25.7 Å². The summed E-state index contributed by atoms with van der Waals surface area (Å²) in [6.07, 6.45) is 1.86. The Balaban J connectivity index is 2.24. The first-order valence-electron chi connectivity index (χ1n) is 6.06. The Morgan fingerprint density at radius 3 is 2.64 bits per heavy atom. The molecule has 2 aromatic rings. The maximum Gasteiger partial charge on any atom is 0.257 e. The summed E-state index contributed by atoms with van der Waals surface area (Å²) in [5.41, 5.74) is 0.240. The predicted molar refractivity (Wildman–Crippen MR) is 87.0 cm³/mol. The number of thioether (sulfide) groups is 1. The molecule has 0 fully saturated rings. The maximum atomic E-state index is 12.2. The first-order chi connectivity index (χ1) is 10.3. The zero-order valence-electron chi connectivity index (χ0n) is 12.1. The molecule has 0 atom stereocenters. The molecule has 1 aromatic heterocycles. The van der Waals surface area contributed by atoms with Gasteiger partial charge in [0.05, 0.1) is 4.90 Å². The van der Waals surface area contributed by atoms with Crippen molar-refractivity contribution in [3.63, 3.8) is 0 Å². The van der Waals surface area contributed by atoms with E-state index < -0.39 is 15.9 Å². The Bertz CT molecular complexity index is 786. The van der Waals surface area contributed by atoms with E-state index in [1.54, 1.807) is 6.07 Å². The summed E-state index contributed by atoms with van der Waals surface area (Å²) >= 11 is 2.68. The second-order valence-electron chi connectivity index (χ2n) is 4.35. The van der Waals surface area contributed by atoms with Crippen LogP contribution in [-0.2, 0) is 10.0 Å². The van der Waals surface area contributed by atoms with E-state index in [1.807, 2.05) is 6.26 Å². The molecule has 1 aromatic carbocycles. The van der Waals surface area contributed by atoms with E-state index in [0.29, 0.717) is 5.13 Å². The Kier molecular flexibility index (Phi) is 5.16. The average Bonchev–Trinajstić information content (AvgIpc) is 2.94. The summed E-state index contributed by atoms with van der Waals surface area (Å²) in [5.74, 6) is -0.431.